The minimum absolute atomic E-state index is 0.0737. The molecule has 0 radical (unpaired) electrons. The van der Waals surface area contributed by atoms with Gasteiger partial charge in [0.2, 0.25) is 21.0 Å². The molecule has 8 nitrogen and oxygen atoms in total. The first kappa shape index (κ1) is 27.3. The van der Waals surface area contributed by atoms with Crippen molar-refractivity contribution in [3.05, 3.63) is 76.8 Å². The second kappa shape index (κ2) is 11.0. The predicted molar refractivity (Wildman–Crippen MR) is 140 cm³/mol. The van der Waals surface area contributed by atoms with E-state index in [0.29, 0.717) is 36.2 Å². The summed E-state index contributed by atoms with van der Waals surface area (Å²) < 4.78 is 55.4. The summed E-state index contributed by atoms with van der Waals surface area (Å²) in [6.07, 6.45) is 1.91. The topological polar surface area (TPSA) is 108 Å². The summed E-state index contributed by atoms with van der Waals surface area (Å²) in [7, 11) is -3.59. The van der Waals surface area contributed by atoms with Gasteiger partial charge in [0.25, 0.3) is 0 Å². The summed E-state index contributed by atoms with van der Waals surface area (Å²) in [4.78, 5) is 27.1. The van der Waals surface area contributed by atoms with E-state index in [-0.39, 0.29) is 22.0 Å². The average molecular weight is 564 g/mol. The molecule has 0 aromatic heterocycles. The van der Waals surface area contributed by atoms with Crippen molar-refractivity contribution >= 4 is 39.0 Å². The second-order valence-electron chi connectivity index (χ2n) is 8.96. The third-order valence-electron chi connectivity index (χ3n) is 6.02. The summed E-state index contributed by atoms with van der Waals surface area (Å²) in [5.41, 5.74) is 1.59. The number of amides is 3. The molecular weight excluding hydrogens is 538 g/mol. The van der Waals surface area contributed by atoms with E-state index < -0.39 is 39.6 Å². The Morgan fingerprint density at radius 3 is 2.47 bits per heavy atom. The lowest BCUT2D eigenvalue weighted by Crippen LogP contribution is -2.53. The molecule has 1 aliphatic heterocycles. The van der Waals surface area contributed by atoms with Crippen molar-refractivity contribution in [3.8, 4) is 11.1 Å². The number of sulfonamides is 1. The van der Waals surface area contributed by atoms with E-state index in [1.807, 2.05) is 0 Å². The van der Waals surface area contributed by atoms with Crippen LogP contribution in [0.5, 0.6) is 0 Å². The Balaban J connectivity index is 1.55. The smallest absolute Gasteiger partial charge is 0.319 e. The van der Waals surface area contributed by atoms with Gasteiger partial charge in [-0.1, -0.05) is 18.2 Å². The van der Waals surface area contributed by atoms with Crippen molar-refractivity contribution in [1.29, 1.82) is 0 Å². The fourth-order valence-corrected chi connectivity index (χ4v) is 5.09. The lowest BCUT2D eigenvalue weighted by molar-refractivity contribution is -0.289. The van der Waals surface area contributed by atoms with Crippen LogP contribution in [0.4, 0.5) is 30.6 Å². The fraction of sp³-hybridized carbons (Fsp3) is 0.231. The van der Waals surface area contributed by atoms with Crippen molar-refractivity contribution in [2.45, 2.75) is 25.8 Å². The lowest BCUT2D eigenvalue weighted by Gasteiger charge is -2.33. The molecule has 0 saturated carbocycles. The molecule has 4 rings (SSSR count). The fourth-order valence-electron chi connectivity index (χ4n) is 4.34. The van der Waals surface area contributed by atoms with Crippen LogP contribution in [-0.2, 0) is 14.8 Å². The number of hydrogen-bond donors (Lipinski definition) is 3. The number of nitrogens with zero attached hydrogens (tertiary/aromatic N) is 1. The average Bonchev–Trinajstić information content (AvgIpc) is 2.83. The van der Waals surface area contributed by atoms with E-state index in [9.17, 15) is 22.4 Å². The molecule has 0 unspecified atom stereocenters. The van der Waals surface area contributed by atoms with Crippen molar-refractivity contribution in [2.75, 3.05) is 27.7 Å². The maximum Gasteiger partial charge on any atom is 0.319 e. The van der Waals surface area contributed by atoms with Gasteiger partial charge in [-0.15, -0.1) is 0 Å². The maximum atomic E-state index is 15.4. The molecule has 1 atom stereocenters. The normalized spacial score (nSPS) is 15.8. The van der Waals surface area contributed by atoms with Crippen LogP contribution in [0, 0.1) is 30.2 Å². The number of piperidine rings is 1. The Kier molecular flexibility index (Phi) is 7.89. The van der Waals surface area contributed by atoms with Gasteiger partial charge in [-0.05, 0) is 49.6 Å². The Bertz CT molecular complexity index is 1520. The first-order chi connectivity index (χ1) is 17.9. The van der Waals surface area contributed by atoms with Crippen LogP contribution in [0.25, 0.3) is 11.1 Å². The molecule has 1 heterocycles. The highest BCUT2D eigenvalue weighted by Gasteiger charge is 2.32. The number of carbonyl (C=O) groups is 2. The van der Waals surface area contributed by atoms with E-state index in [4.69, 9.17) is 11.6 Å². The number of halogens is 3. The van der Waals surface area contributed by atoms with Gasteiger partial charge in [0.05, 0.1) is 17.6 Å². The number of urea groups is 1. The largest absolute Gasteiger partial charge is 0.326 e. The minimum atomic E-state index is -3.59. The standard InChI is InChI=1S/C26H25ClF2N4O4S/c1-15-12-18(17-6-3-4-7-21(17)32-38(2,36)37)19(28)14-24(15)33-11-5-8-23(25(33)34)31-26(35)30-22-10-9-16(27)13-20(22)29/h3-4,6-7,9-10,12-14,23,27,32H,5,8,11H2,1-2H3,(H-,30,31,35)/p+1/t23-/m1/s1. The number of rotatable bonds is 6. The number of benzene rings is 3. The Hall–Kier alpha value is -3.70. The van der Waals surface area contributed by atoms with Crippen LogP contribution in [0.1, 0.15) is 18.4 Å². The maximum absolute atomic E-state index is 15.4. The summed E-state index contributed by atoms with van der Waals surface area (Å²) in [5, 5.41) is 5.23. The SMILES string of the molecule is Cc1cc(-c2ccccc2NS(C)(=O)=O)c(F)cc1N1CCC[C@@H](NC(=O)Nc2ccc([ClH+])cc2F)C1=O. The van der Waals surface area contributed by atoms with Gasteiger partial charge in [-0.3, -0.25) is 9.52 Å². The molecule has 3 N–H and O–H groups in total. The van der Waals surface area contributed by atoms with E-state index in [1.54, 1.807) is 31.2 Å². The van der Waals surface area contributed by atoms with Gasteiger partial charge < -0.3 is 15.5 Å². The monoisotopic (exact) mass is 563 g/mol. The molecule has 3 aromatic carbocycles. The first-order valence-electron chi connectivity index (χ1n) is 11.7. The van der Waals surface area contributed by atoms with Gasteiger partial charge >= 0.3 is 6.03 Å². The molecule has 0 bridgehead atoms. The number of para-hydroxylation sites is 1. The summed E-state index contributed by atoms with van der Waals surface area (Å²) >= 11 is 4.89. The van der Waals surface area contributed by atoms with Crippen LogP contribution in [-0.4, -0.2) is 39.2 Å². The van der Waals surface area contributed by atoms with Crippen LogP contribution in [0.2, 0.25) is 5.02 Å². The van der Waals surface area contributed by atoms with Crippen LogP contribution in [0.3, 0.4) is 0 Å². The highest BCUT2D eigenvalue weighted by Crippen LogP contribution is 2.35. The van der Waals surface area contributed by atoms with E-state index in [1.165, 1.54) is 29.2 Å². The highest BCUT2D eigenvalue weighted by molar-refractivity contribution is 7.92. The molecule has 38 heavy (non-hydrogen) atoms. The van der Waals surface area contributed by atoms with Crippen molar-refractivity contribution in [3.63, 3.8) is 0 Å². The van der Waals surface area contributed by atoms with Gasteiger partial charge in [0.15, 0.2) is 17.4 Å². The number of anilines is 3. The van der Waals surface area contributed by atoms with E-state index in [2.05, 4.69) is 15.4 Å². The molecule has 0 aliphatic carbocycles. The van der Waals surface area contributed by atoms with Crippen molar-refractivity contribution in [1.82, 2.24) is 5.32 Å². The van der Waals surface area contributed by atoms with Gasteiger partial charge in [0.1, 0.15) is 11.9 Å². The predicted octanol–water partition coefficient (Wildman–Crippen LogP) is 4.33. The number of hydrogen-bond acceptors (Lipinski definition) is 4. The summed E-state index contributed by atoms with van der Waals surface area (Å²) in [6, 6.07) is 11.5. The number of nitrogens with one attached hydrogen (secondary N) is 3. The Labute approximate surface area is 224 Å². The second-order valence-corrected chi connectivity index (χ2v) is 11.2. The van der Waals surface area contributed by atoms with Crippen molar-refractivity contribution in [2.24, 2.45) is 0 Å². The number of carbonyl (C=O) groups excluding carboxylic acids is 2. The molecule has 12 heteroatoms. The van der Waals surface area contributed by atoms with Crippen LogP contribution < -0.4 is 20.3 Å². The Morgan fingerprint density at radius 2 is 1.76 bits per heavy atom. The Morgan fingerprint density at radius 1 is 1.03 bits per heavy atom. The quantitative estimate of drug-likeness (QED) is 0.415. The third-order valence-corrected chi connectivity index (χ3v) is 6.87. The molecule has 1 aliphatic rings. The molecular formula is C26H26ClF2N4O4S+. The molecule has 0 spiro atoms. The zero-order valence-corrected chi connectivity index (χ0v) is 22.2. The molecule has 3 amide bonds. The molecule has 3 aromatic rings. The lowest BCUT2D eigenvalue weighted by atomic mass is 9.98. The molecule has 1 fully saturated rings. The third kappa shape index (κ3) is 6.22. The van der Waals surface area contributed by atoms with Gasteiger partial charge in [-0.2, -0.15) is 0 Å². The first-order valence-corrected chi connectivity index (χ1v) is 14.0. The zero-order valence-electron chi connectivity index (χ0n) is 20.5. The van der Waals surface area contributed by atoms with E-state index >= 15 is 4.39 Å². The summed E-state index contributed by atoms with van der Waals surface area (Å²) in [6.45, 7) is 2.03. The minimum Gasteiger partial charge on any atom is -0.326 e. The van der Waals surface area contributed by atoms with Gasteiger partial charge in [0, 0.05) is 35.5 Å². The molecule has 200 valence electrons. The van der Waals surface area contributed by atoms with E-state index in [0.717, 1.165) is 12.3 Å². The zero-order chi connectivity index (χ0) is 27.6. The summed E-state index contributed by atoms with van der Waals surface area (Å²) in [5.74, 6) is -1.76. The van der Waals surface area contributed by atoms with Crippen LogP contribution >= 0.6 is 0 Å². The molecule has 1 saturated heterocycles. The highest BCUT2D eigenvalue weighted by atomic mass is 35.5. The van der Waals surface area contributed by atoms with Gasteiger partial charge in [-0.25, -0.2) is 22.0 Å². The number of aryl methyl sites for hydroxylation is 1. The van der Waals surface area contributed by atoms with Crippen LogP contribution in [0.15, 0.2) is 54.6 Å². The van der Waals surface area contributed by atoms with Crippen molar-refractivity contribution < 1.29 is 38.4 Å².